The lowest BCUT2D eigenvalue weighted by atomic mass is 10.0. The molecule has 0 aliphatic carbocycles. The summed E-state index contributed by atoms with van der Waals surface area (Å²) in [5.41, 5.74) is 3.62. The maximum Gasteiger partial charge on any atom is 0.337 e. The van der Waals surface area contributed by atoms with E-state index in [-0.39, 0.29) is 12.0 Å². The summed E-state index contributed by atoms with van der Waals surface area (Å²) >= 11 is 5.35. The van der Waals surface area contributed by atoms with Gasteiger partial charge in [-0.2, -0.15) is 0 Å². The minimum absolute atomic E-state index is 0.0833. The lowest BCUT2D eigenvalue weighted by Crippen LogP contribution is -2.31. The number of anilines is 1. The van der Waals surface area contributed by atoms with Crippen molar-refractivity contribution >= 4 is 29.0 Å². The van der Waals surface area contributed by atoms with Gasteiger partial charge in [0.2, 0.25) is 0 Å². The molecule has 0 aliphatic heterocycles. The number of thiocarbonyl (C=S) groups is 1. The van der Waals surface area contributed by atoms with E-state index < -0.39 is 0 Å². The summed E-state index contributed by atoms with van der Waals surface area (Å²) in [4.78, 5) is 11.6. The van der Waals surface area contributed by atoms with Crippen LogP contribution >= 0.6 is 12.2 Å². The fourth-order valence-corrected chi connectivity index (χ4v) is 2.65. The Bertz CT molecular complexity index is 716. The average Bonchev–Trinajstić information content (AvgIpc) is 2.54. The number of benzene rings is 2. The van der Waals surface area contributed by atoms with Crippen molar-refractivity contribution in [1.29, 1.82) is 0 Å². The molecule has 23 heavy (non-hydrogen) atoms. The van der Waals surface area contributed by atoms with Crippen LogP contribution in [0.5, 0.6) is 0 Å². The molecule has 0 bridgehead atoms. The Kier molecular flexibility index (Phi) is 5.71. The summed E-state index contributed by atoms with van der Waals surface area (Å²) in [7, 11) is 1.36. The monoisotopic (exact) mass is 328 g/mol. The van der Waals surface area contributed by atoms with Gasteiger partial charge in [0, 0.05) is 5.69 Å². The van der Waals surface area contributed by atoms with Crippen molar-refractivity contribution in [2.45, 2.75) is 19.9 Å². The second-order valence-electron chi connectivity index (χ2n) is 5.25. The van der Waals surface area contributed by atoms with E-state index in [1.54, 1.807) is 18.2 Å². The van der Waals surface area contributed by atoms with Crippen molar-refractivity contribution in [3.05, 3.63) is 65.2 Å². The van der Waals surface area contributed by atoms with E-state index in [0.29, 0.717) is 10.7 Å². The molecule has 0 radical (unpaired) electrons. The van der Waals surface area contributed by atoms with E-state index in [0.717, 1.165) is 5.69 Å². The Morgan fingerprint density at radius 1 is 1.17 bits per heavy atom. The van der Waals surface area contributed by atoms with Crippen LogP contribution < -0.4 is 10.6 Å². The van der Waals surface area contributed by atoms with Crippen LogP contribution in [0.1, 0.15) is 34.5 Å². The molecule has 0 aliphatic rings. The van der Waals surface area contributed by atoms with Gasteiger partial charge < -0.3 is 15.4 Å². The van der Waals surface area contributed by atoms with Crippen molar-refractivity contribution in [1.82, 2.24) is 5.32 Å². The number of nitrogens with one attached hydrogen (secondary N) is 2. The highest BCUT2D eigenvalue weighted by Crippen LogP contribution is 2.17. The molecule has 0 saturated heterocycles. The second kappa shape index (κ2) is 7.74. The molecule has 120 valence electrons. The third-order valence-electron chi connectivity index (χ3n) is 3.54. The van der Waals surface area contributed by atoms with E-state index >= 15 is 0 Å². The minimum atomic E-state index is -0.374. The average molecular weight is 328 g/mol. The van der Waals surface area contributed by atoms with Gasteiger partial charge in [0.25, 0.3) is 0 Å². The summed E-state index contributed by atoms with van der Waals surface area (Å²) in [6.07, 6.45) is 0. The highest BCUT2D eigenvalue weighted by Gasteiger charge is 2.10. The SMILES string of the molecule is COC(=O)c1cccc(NC(=S)N[C@H](C)c2ccccc2C)c1. The van der Waals surface area contributed by atoms with Crippen molar-refractivity contribution in [2.75, 3.05) is 12.4 Å². The molecule has 5 heteroatoms. The van der Waals surface area contributed by atoms with Crippen molar-refractivity contribution in [3.63, 3.8) is 0 Å². The summed E-state index contributed by atoms with van der Waals surface area (Å²) in [6.45, 7) is 4.13. The van der Waals surface area contributed by atoms with Gasteiger partial charge in [-0.25, -0.2) is 4.79 Å². The minimum Gasteiger partial charge on any atom is -0.465 e. The Balaban J connectivity index is 2.02. The van der Waals surface area contributed by atoms with Crippen LogP contribution in [0.25, 0.3) is 0 Å². The maximum atomic E-state index is 11.6. The van der Waals surface area contributed by atoms with E-state index in [9.17, 15) is 4.79 Å². The predicted octanol–water partition coefficient (Wildman–Crippen LogP) is 3.83. The first kappa shape index (κ1) is 17.0. The first-order valence-electron chi connectivity index (χ1n) is 7.32. The second-order valence-corrected chi connectivity index (χ2v) is 5.66. The molecule has 0 fully saturated rings. The third kappa shape index (κ3) is 4.53. The first-order valence-corrected chi connectivity index (χ1v) is 7.73. The lowest BCUT2D eigenvalue weighted by Gasteiger charge is -2.19. The molecule has 2 rings (SSSR count). The molecular formula is C18H20N2O2S. The molecule has 2 N–H and O–H groups in total. The van der Waals surface area contributed by atoms with Gasteiger partial charge in [0.15, 0.2) is 5.11 Å². The molecule has 4 nitrogen and oxygen atoms in total. The van der Waals surface area contributed by atoms with Gasteiger partial charge in [-0.15, -0.1) is 0 Å². The van der Waals surface area contributed by atoms with Gasteiger partial charge in [-0.1, -0.05) is 30.3 Å². The van der Waals surface area contributed by atoms with Crippen LogP contribution in [-0.2, 0) is 4.74 Å². The van der Waals surface area contributed by atoms with Crippen LogP contribution in [0.2, 0.25) is 0 Å². The zero-order valence-corrected chi connectivity index (χ0v) is 14.2. The topological polar surface area (TPSA) is 50.4 Å². The largest absolute Gasteiger partial charge is 0.465 e. The number of methoxy groups -OCH3 is 1. The molecule has 0 unspecified atom stereocenters. The molecule has 1 atom stereocenters. The van der Waals surface area contributed by atoms with Gasteiger partial charge in [-0.3, -0.25) is 0 Å². The smallest absolute Gasteiger partial charge is 0.337 e. The summed E-state index contributed by atoms with van der Waals surface area (Å²) in [6, 6.07) is 15.3. The summed E-state index contributed by atoms with van der Waals surface area (Å²) < 4.78 is 4.72. The maximum absolute atomic E-state index is 11.6. The number of hydrogen-bond acceptors (Lipinski definition) is 3. The number of ether oxygens (including phenoxy) is 1. The van der Waals surface area contributed by atoms with E-state index in [2.05, 4.69) is 36.6 Å². The van der Waals surface area contributed by atoms with Crippen molar-refractivity contribution < 1.29 is 9.53 Å². The fraction of sp³-hybridized carbons (Fsp3) is 0.222. The lowest BCUT2D eigenvalue weighted by molar-refractivity contribution is 0.0601. The number of hydrogen-bond donors (Lipinski definition) is 2. The summed E-state index contributed by atoms with van der Waals surface area (Å²) in [5, 5.41) is 6.85. The van der Waals surface area contributed by atoms with Crippen molar-refractivity contribution in [3.8, 4) is 0 Å². The van der Waals surface area contributed by atoms with Gasteiger partial charge in [-0.05, 0) is 55.4 Å². The van der Waals surface area contributed by atoms with Crippen LogP contribution in [0.15, 0.2) is 48.5 Å². The van der Waals surface area contributed by atoms with Crippen LogP contribution in [0.4, 0.5) is 5.69 Å². The third-order valence-corrected chi connectivity index (χ3v) is 3.76. The Hall–Kier alpha value is -2.40. The first-order chi connectivity index (χ1) is 11.0. The Morgan fingerprint density at radius 3 is 2.61 bits per heavy atom. The van der Waals surface area contributed by atoms with E-state index in [1.807, 2.05) is 18.2 Å². The molecule has 0 spiro atoms. The molecule has 0 aromatic heterocycles. The number of rotatable bonds is 4. The van der Waals surface area contributed by atoms with Crippen LogP contribution in [0.3, 0.4) is 0 Å². The molecule has 0 amide bonds. The normalized spacial score (nSPS) is 11.4. The number of aryl methyl sites for hydroxylation is 1. The molecular weight excluding hydrogens is 308 g/mol. The molecule has 0 saturated carbocycles. The Labute approximate surface area is 141 Å². The quantitative estimate of drug-likeness (QED) is 0.660. The highest BCUT2D eigenvalue weighted by atomic mass is 32.1. The molecule has 0 heterocycles. The zero-order valence-electron chi connectivity index (χ0n) is 13.4. The predicted molar refractivity (Wildman–Crippen MR) is 96.7 cm³/mol. The Morgan fingerprint density at radius 2 is 1.91 bits per heavy atom. The molecule has 2 aromatic carbocycles. The number of carbonyl (C=O) groups is 1. The summed E-state index contributed by atoms with van der Waals surface area (Å²) in [5.74, 6) is -0.374. The zero-order chi connectivity index (χ0) is 16.8. The highest BCUT2D eigenvalue weighted by molar-refractivity contribution is 7.80. The van der Waals surface area contributed by atoms with Crippen LogP contribution in [0, 0.1) is 6.92 Å². The van der Waals surface area contributed by atoms with E-state index in [4.69, 9.17) is 17.0 Å². The van der Waals surface area contributed by atoms with Crippen molar-refractivity contribution in [2.24, 2.45) is 0 Å². The fourth-order valence-electron chi connectivity index (χ4n) is 2.36. The van der Waals surface area contributed by atoms with Gasteiger partial charge >= 0.3 is 5.97 Å². The standard InChI is InChI=1S/C18H20N2O2S/c1-12-7-4-5-10-16(12)13(2)19-18(23)20-15-9-6-8-14(11-15)17(21)22-3/h4-11,13H,1-3H3,(H2,19,20,23)/t13-/m1/s1. The molecule has 2 aromatic rings. The number of carbonyl (C=O) groups excluding carboxylic acids is 1. The van der Waals surface area contributed by atoms with Crippen LogP contribution in [-0.4, -0.2) is 18.2 Å². The number of esters is 1. The van der Waals surface area contributed by atoms with Gasteiger partial charge in [0.05, 0.1) is 18.7 Å². The van der Waals surface area contributed by atoms with E-state index in [1.165, 1.54) is 18.2 Å². The van der Waals surface area contributed by atoms with Gasteiger partial charge in [0.1, 0.15) is 0 Å².